The monoisotopic (exact) mass is 374 g/mol. The summed E-state index contributed by atoms with van der Waals surface area (Å²) in [5.74, 6) is 0.987. The zero-order valence-corrected chi connectivity index (χ0v) is 16.0. The van der Waals surface area contributed by atoms with Crippen molar-refractivity contribution in [1.29, 1.82) is 0 Å². The summed E-state index contributed by atoms with van der Waals surface area (Å²) in [4.78, 5) is 24.9. The Labute approximate surface area is 161 Å². The molecule has 1 aliphatic heterocycles. The largest absolute Gasteiger partial charge is 0.317 e. The van der Waals surface area contributed by atoms with Crippen molar-refractivity contribution in [1.82, 2.24) is 30.0 Å². The lowest BCUT2D eigenvalue weighted by atomic mass is 9.91. The van der Waals surface area contributed by atoms with Gasteiger partial charge in [-0.05, 0) is 68.1 Å². The standard InChI is InChI=1S/C21H22N6O/c1-12-7-14(8-16-11-27(2)26-18(12)16)19-24-20-17(21(28)25-19)9-15(10-23-20)13-3-5-22-6-4-13/h7-11,13,22H,3-6H2,1-2H3,(H,23,24,25,28). The summed E-state index contributed by atoms with van der Waals surface area (Å²) in [6.07, 6.45) is 5.99. The second kappa shape index (κ2) is 6.53. The van der Waals surface area contributed by atoms with Crippen LogP contribution in [0.25, 0.3) is 33.3 Å². The second-order valence-electron chi connectivity index (χ2n) is 7.61. The van der Waals surface area contributed by atoms with E-state index < -0.39 is 0 Å². The van der Waals surface area contributed by atoms with Crippen LogP contribution in [-0.2, 0) is 7.05 Å². The highest BCUT2D eigenvalue weighted by atomic mass is 16.1. The Bertz CT molecular complexity index is 1250. The minimum Gasteiger partial charge on any atom is -0.317 e. The van der Waals surface area contributed by atoms with Crippen LogP contribution in [0.1, 0.15) is 29.9 Å². The first-order valence-corrected chi connectivity index (χ1v) is 9.63. The number of benzene rings is 1. The lowest BCUT2D eigenvalue weighted by molar-refractivity contribution is 0.460. The molecule has 1 aliphatic rings. The van der Waals surface area contributed by atoms with E-state index in [4.69, 9.17) is 0 Å². The molecule has 5 rings (SSSR count). The third-order valence-electron chi connectivity index (χ3n) is 5.58. The van der Waals surface area contributed by atoms with Gasteiger partial charge in [0, 0.05) is 30.4 Å². The maximum atomic E-state index is 12.8. The second-order valence-corrected chi connectivity index (χ2v) is 7.61. The highest BCUT2D eigenvalue weighted by molar-refractivity contribution is 5.86. The first kappa shape index (κ1) is 17.1. The maximum absolute atomic E-state index is 12.8. The van der Waals surface area contributed by atoms with Crippen molar-refractivity contribution in [2.24, 2.45) is 7.05 Å². The average molecular weight is 374 g/mol. The number of nitrogens with one attached hydrogen (secondary N) is 2. The molecule has 0 spiro atoms. The van der Waals surface area contributed by atoms with Crippen LogP contribution in [0, 0.1) is 6.92 Å². The van der Waals surface area contributed by atoms with Crippen LogP contribution < -0.4 is 10.9 Å². The van der Waals surface area contributed by atoms with Gasteiger partial charge in [0.05, 0.1) is 10.9 Å². The third-order valence-corrected chi connectivity index (χ3v) is 5.58. The van der Waals surface area contributed by atoms with E-state index in [-0.39, 0.29) is 5.56 Å². The molecule has 7 nitrogen and oxygen atoms in total. The summed E-state index contributed by atoms with van der Waals surface area (Å²) < 4.78 is 1.79. The molecule has 1 aromatic carbocycles. The van der Waals surface area contributed by atoms with Crippen molar-refractivity contribution in [3.8, 4) is 11.4 Å². The summed E-state index contributed by atoms with van der Waals surface area (Å²) in [6, 6.07) is 5.97. The van der Waals surface area contributed by atoms with Gasteiger partial charge in [-0.15, -0.1) is 0 Å². The number of pyridine rings is 1. The van der Waals surface area contributed by atoms with E-state index >= 15 is 0 Å². The van der Waals surface area contributed by atoms with Gasteiger partial charge in [-0.1, -0.05) is 0 Å². The van der Waals surface area contributed by atoms with Crippen molar-refractivity contribution in [2.75, 3.05) is 13.1 Å². The van der Waals surface area contributed by atoms with E-state index in [1.54, 1.807) is 4.68 Å². The van der Waals surface area contributed by atoms with Crippen molar-refractivity contribution in [2.45, 2.75) is 25.7 Å². The van der Waals surface area contributed by atoms with Gasteiger partial charge in [-0.3, -0.25) is 9.48 Å². The molecule has 4 aromatic rings. The number of hydrogen-bond donors (Lipinski definition) is 2. The van der Waals surface area contributed by atoms with Crippen LogP contribution in [-0.4, -0.2) is 37.8 Å². The number of fused-ring (bicyclic) bond motifs is 2. The fraction of sp³-hybridized carbons (Fsp3) is 0.333. The minimum absolute atomic E-state index is 0.146. The molecule has 0 aliphatic carbocycles. The summed E-state index contributed by atoms with van der Waals surface area (Å²) in [7, 11) is 1.90. The Hall–Kier alpha value is -3.06. The van der Waals surface area contributed by atoms with Crippen LogP contribution in [0.15, 0.2) is 35.4 Å². The highest BCUT2D eigenvalue weighted by Gasteiger charge is 2.17. The molecule has 0 atom stereocenters. The lowest BCUT2D eigenvalue weighted by Gasteiger charge is -2.22. The highest BCUT2D eigenvalue weighted by Crippen LogP contribution is 2.27. The van der Waals surface area contributed by atoms with Gasteiger partial charge >= 0.3 is 0 Å². The number of aromatic nitrogens is 5. The van der Waals surface area contributed by atoms with Crippen molar-refractivity contribution in [3.05, 3.63) is 52.1 Å². The van der Waals surface area contributed by atoms with Gasteiger partial charge in [0.2, 0.25) is 0 Å². The smallest absolute Gasteiger partial charge is 0.260 e. The molecule has 0 saturated carbocycles. The van der Waals surface area contributed by atoms with Gasteiger partial charge in [0.25, 0.3) is 5.56 Å². The molecular weight excluding hydrogens is 352 g/mol. The number of H-pyrrole nitrogens is 1. The molecule has 0 radical (unpaired) electrons. The zero-order chi connectivity index (χ0) is 19.3. The van der Waals surface area contributed by atoms with Crippen molar-refractivity contribution in [3.63, 3.8) is 0 Å². The number of aryl methyl sites for hydroxylation is 2. The quantitative estimate of drug-likeness (QED) is 0.563. The first-order chi connectivity index (χ1) is 13.6. The van der Waals surface area contributed by atoms with E-state index in [9.17, 15) is 4.79 Å². The number of rotatable bonds is 2. The van der Waals surface area contributed by atoms with Crippen LogP contribution in [0.2, 0.25) is 0 Å². The van der Waals surface area contributed by atoms with E-state index in [0.29, 0.717) is 22.8 Å². The van der Waals surface area contributed by atoms with E-state index in [2.05, 4.69) is 25.4 Å². The first-order valence-electron chi connectivity index (χ1n) is 9.63. The normalized spacial score (nSPS) is 15.5. The molecule has 0 amide bonds. The molecule has 142 valence electrons. The van der Waals surface area contributed by atoms with Crippen molar-refractivity contribution < 1.29 is 0 Å². The van der Waals surface area contributed by atoms with Crippen LogP contribution >= 0.6 is 0 Å². The van der Waals surface area contributed by atoms with Gasteiger partial charge in [0.1, 0.15) is 5.82 Å². The summed E-state index contributed by atoms with van der Waals surface area (Å²) >= 11 is 0. The number of hydrogen-bond acceptors (Lipinski definition) is 5. The summed E-state index contributed by atoms with van der Waals surface area (Å²) in [5, 5.41) is 9.42. The van der Waals surface area contributed by atoms with Crippen LogP contribution in [0.3, 0.4) is 0 Å². The lowest BCUT2D eigenvalue weighted by Crippen LogP contribution is -2.26. The zero-order valence-electron chi connectivity index (χ0n) is 16.0. The Balaban J connectivity index is 1.60. The molecule has 28 heavy (non-hydrogen) atoms. The van der Waals surface area contributed by atoms with Crippen LogP contribution in [0.4, 0.5) is 0 Å². The fourth-order valence-electron chi connectivity index (χ4n) is 4.12. The predicted molar refractivity (Wildman–Crippen MR) is 109 cm³/mol. The topological polar surface area (TPSA) is 88.5 Å². The Kier molecular flexibility index (Phi) is 3.98. The Morgan fingerprint density at radius 1 is 1.18 bits per heavy atom. The Morgan fingerprint density at radius 2 is 2.00 bits per heavy atom. The molecule has 1 fully saturated rings. The van der Waals surface area contributed by atoms with Crippen LogP contribution in [0.5, 0.6) is 0 Å². The molecule has 2 N–H and O–H groups in total. The minimum atomic E-state index is -0.146. The SMILES string of the molecule is Cc1cc(-c2nc3ncc(C4CCNCC4)cc3c(=O)[nH]2)cc2cn(C)nc12. The molecular formula is C21H22N6O. The third kappa shape index (κ3) is 2.88. The summed E-state index contributed by atoms with van der Waals surface area (Å²) in [5.41, 5.74) is 4.33. The Morgan fingerprint density at radius 3 is 2.82 bits per heavy atom. The van der Waals surface area contributed by atoms with Gasteiger partial charge in [0.15, 0.2) is 5.65 Å². The van der Waals surface area contributed by atoms with E-state index in [1.165, 1.54) is 0 Å². The van der Waals surface area contributed by atoms with E-state index in [1.807, 2.05) is 44.6 Å². The molecule has 3 aromatic heterocycles. The average Bonchev–Trinajstić information content (AvgIpc) is 3.09. The predicted octanol–water partition coefficient (Wildman–Crippen LogP) is 2.65. The van der Waals surface area contributed by atoms with E-state index in [0.717, 1.165) is 53.5 Å². The number of aromatic amines is 1. The molecule has 0 bridgehead atoms. The van der Waals surface area contributed by atoms with Crippen molar-refractivity contribution >= 4 is 21.9 Å². The van der Waals surface area contributed by atoms with Gasteiger partial charge in [-0.2, -0.15) is 5.10 Å². The van der Waals surface area contributed by atoms with Gasteiger partial charge < -0.3 is 10.3 Å². The summed E-state index contributed by atoms with van der Waals surface area (Å²) in [6.45, 7) is 4.03. The molecule has 7 heteroatoms. The van der Waals surface area contributed by atoms with Gasteiger partial charge in [-0.25, -0.2) is 9.97 Å². The number of piperidine rings is 1. The fourth-order valence-corrected chi connectivity index (χ4v) is 4.12. The molecule has 0 unspecified atom stereocenters. The molecule has 4 heterocycles. The number of nitrogens with zero attached hydrogens (tertiary/aromatic N) is 4. The molecule has 1 saturated heterocycles. The maximum Gasteiger partial charge on any atom is 0.260 e.